The first-order valence-electron chi connectivity index (χ1n) is 7.53. The number of amides is 1. The lowest BCUT2D eigenvalue weighted by molar-refractivity contribution is -0.156. The number of hydrogen-bond donors (Lipinski definition) is 1. The number of rotatable bonds is 5. The SMILES string of the molecule is CC(OC(=O)C1CCCN1S(C)(=O)=O)C(=O)Nc1cccc(Cl)c1Cl. The summed E-state index contributed by atoms with van der Waals surface area (Å²) in [4.78, 5) is 24.4. The van der Waals surface area contributed by atoms with Gasteiger partial charge in [-0.3, -0.25) is 9.59 Å². The first-order chi connectivity index (χ1) is 11.6. The number of ether oxygens (including phenoxy) is 1. The maximum Gasteiger partial charge on any atom is 0.325 e. The van der Waals surface area contributed by atoms with Gasteiger partial charge >= 0.3 is 5.97 Å². The van der Waals surface area contributed by atoms with Crippen molar-refractivity contribution in [1.29, 1.82) is 0 Å². The molecule has 1 aliphatic heterocycles. The van der Waals surface area contributed by atoms with E-state index in [1.165, 1.54) is 6.92 Å². The summed E-state index contributed by atoms with van der Waals surface area (Å²) in [6, 6.07) is 3.84. The van der Waals surface area contributed by atoms with Gasteiger partial charge in [0, 0.05) is 6.54 Å². The van der Waals surface area contributed by atoms with E-state index < -0.39 is 34.0 Å². The largest absolute Gasteiger partial charge is 0.451 e. The number of sulfonamides is 1. The summed E-state index contributed by atoms with van der Waals surface area (Å²) in [7, 11) is -3.51. The Balaban J connectivity index is 2.01. The second-order valence-electron chi connectivity index (χ2n) is 5.70. The van der Waals surface area contributed by atoms with Crippen LogP contribution in [0.15, 0.2) is 18.2 Å². The monoisotopic (exact) mass is 408 g/mol. The third kappa shape index (κ3) is 4.84. The molecule has 1 aromatic carbocycles. The van der Waals surface area contributed by atoms with Crippen LogP contribution in [-0.2, 0) is 24.3 Å². The second-order valence-corrected chi connectivity index (χ2v) is 8.42. The zero-order valence-corrected chi connectivity index (χ0v) is 16.0. The van der Waals surface area contributed by atoms with Crippen LogP contribution in [-0.4, -0.2) is 49.5 Å². The molecule has 1 aliphatic rings. The average Bonchev–Trinajstić information content (AvgIpc) is 3.01. The number of halogens is 2. The Bertz CT molecular complexity index is 784. The molecule has 10 heteroatoms. The van der Waals surface area contributed by atoms with Gasteiger partial charge in [-0.1, -0.05) is 29.3 Å². The average molecular weight is 409 g/mol. The minimum Gasteiger partial charge on any atom is -0.451 e. The van der Waals surface area contributed by atoms with Crippen molar-refractivity contribution in [2.45, 2.75) is 31.9 Å². The number of hydrogen-bond acceptors (Lipinski definition) is 5. The topological polar surface area (TPSA) is 92.8 Å². The van der Waals surface area contributed by atoms with Crippen molar-refractivity contribution in [2.24, 2.45) is 0 Å². The lowest BCUT2D eigenvalue weighted by Crippen LogP contribution is -2.43. The summed E-state index contributed by atoms with van der Waals surface area (Å²) >= 11 is 11.9. The van der Waals surface area contributed by atoms with Crippen LogP contribution in [0.3, 0.4) is 0 Å². The van der Waals surface area contributed by atoms with Crippen molar-refractivity contribution in [1.82, 2.24) is 4.31 Å². The fraction of sp³-hybridized carbons (Fsp3) is 0.467. The summed E-state index contributed by atoms with van der Waals surface area (Å²) in [5, 5.41) is 2.98. The van der Waals surface area contributed by atoms with E-state index in [0.717, 1.165) is 10.6 Å². The molecule has 1 saturated heterocycles. The molecule has 0 aromatic heterocycles. The van der Waals surface area contributed by atoms with Crippen molar-refractivity contribution in [3.05, 3.63) is 28.2 Å². The lowest BCUT2D eigenvalue weighted by atomic mass is 10.2. The van der Waals surface area contributed by atoms with Crippen molar-refractivity contribution in [3.63, 3.8) is 0 Å². The highest BCUT2D eigenvalue weighted by Crippen LogP contribution is 2.29. The van der Waals surface area contributed by atoms with Crippen LogP contribution in [0.25, 0.3) is 0 Å². The predicted octanol–water partition coefficient (Wildman–Crippen LogP) is 2.29. The van der Waals surface area contributed by atoms with Gasteiger partial charge < -0.3 is 10.1 Å². The maximum atomic E-state index is 12.2. The molecular formula is C15H18Cl2N2O5S. The highest BCUT2D eigenvalue weighted by atomic mass is 35.5. The van der Waals surface area contributed by atoms with E-state index in [0.29, 0.717) is 18.5 Å². The smallest absolute Gasteiger partial charge is 0.325 e. The quantitative estimate of drug-likeness (QED) is 0.754. The molecule has 2 atom stereocenters. The molecule has 2 rings (SSSR count). The van der Waals surface area contributed by atoms with E-state index in [2.05, 4.69) is 5.32 Å². The van der Waals surface area contributed by atoms with E-state index >= 15 is 0 Å². The van der Waals surface area contributed by atoms with Crippen molar-refractivity contribution >= 4 is 50.8 Å². The van der Waals surface area contributed by atoms with E-state index in [4.69, 9.17) is 27.9 Å². The van der Waals surface area contributed by atoms with Crippen molar-refractivity contribution in [2.75, 3.05) is 18.1 Å². The minimum absolute atomic E-state index is 0.176. The van der Waals surface area contributed by atoms with Crippen LogP contribution < -0.4 is 5.32 Å². The Morgan fingerprint density at radius 1 is 1.36 bits per heavy atom. The standard InChI is InChI=1S/C15H18Cl2N2O5S/c1-9(14(20)18-11-6-3-5-10(16)13(11)17)24-15(21)12-7-4-8-19(12)25(2,22)23/h3,5-6,9,12H,4,7-8H2,1-2H3,(H,18,20). The zero-order chi connectivity index (χ0) is 18.8. The van der Waals surface area contributed by atoms with Crippen LogP contribution in [0.4, 0.5) is 5.69 Å². The van der Waals surface area contributed by atoms with Gasteiger partial charge in [0.2, 0.25) is 10.0 Å². The van der Waals surface area contributed by atoms with Crippen molar-refractivity contribution in [3.8, 4) is 0 Å². The first kappa shape index (κ1) is 20.0. The Hall–Kier alpha value is -1.35. The van der Waals surface area contributed by atoms with Gasteiger partial charge in [0.05, 0.1) is 22.0 Å². The Labute approximate surface area is 156 Å². The van der Waals surface area contributed by atoms with E-state index in [-0.39, 0.29) is 16.6 Å². The number of carbonyl (C=O) groups is 2. The van der Waals surface area contributed by atoms with Gasteiger partial charge in [0.15, 0.2) is 6.10 Å². The first-order valence-corrected chi connectivity index (χ1v) is 10.1. The van der Waals surface area contributed by atoms with Crippen LogP contribution in [0.5, 0.6) is 0 Å². The summed E-state index contributed by atoms with van der Waals surface area (Å²) < 4.78 is 29.6. The molecule has 1 amide bonds. The molecule has 1 fully saturated rings. The van der Waals surface area contributed by atoms with Gasteiger partial charge in [-0.05, 0) is 31.9 Å². The van der Waals surface area contributed by atoms with Gasteiger partial charge in [-0.2, -0.15) is 4.31 Å². The Morgan fingerprint density at radius 3 is 2.68 bits per heavy atom. The lowest BCUT2D eigenvalue weighted by Gasteiger charge is -2.22. The molecule has 138 valence electrons. The molecule has 0 saturated carbocycles. The fourth-order valence-electron chi connectivity index (χ4n) is 2.51. The number of nitrogens with one attached hydrogen (secondary N) is 1. The van der Waals surface area contributed by atoms with Gasteiger partial charge in [-0.25, -0.2) is 8.42 Å². The molecule has 0 bridgehead atoms. The van der Waals surface area contributed by atoms with Crippen LogP contribution in [0, 0.1) is 0 Å². The molecule has 1 heterocycles. The number of benzene rings is 1. The molecule has 0 spiro atoms. The van der Waals surface area contributed by atoms with Crippen LogP contribution in [0.2, 0.25) is 10.0 Å². The summed E-state index contributed by atoms with van der Waals surface area (Å²) in [6.07, 6.45) is 0.839. The van der Waals surface area contributed by atoms with Crippen LogP contribution in [0.1, 0.15) is 19.8 Å². The predicted molar refractivity (Wildman–Crippen MR) is 95.2 cm³/mol. The van der Waals surface area contributed by atoms with Crippen molar-refractivity contribution < 1.29 is 22.7 Å². The summed E-state index contributed by atoms with van der Waals surface area (Å²) in [5.74, 6) is -1.34. The van der Waals surface area contributed by atoms with E-state index in [9.17, 15) is 18.0 Å². The fourth-order valence-corrected chi connectivity index (χ4v) is 3.98. The molecular weight excluding hydrogens is 391 g/mol. The third-order valence-corrected chi connectivity index (χ3v) is 5.88. The molecule has 25 heavy (non-hydrogen) atoms. The number of carbonyl (C=O) groups excluding carboxylic acids is 2. The highest BCUT2D eigenvalue weighted by Gasteiger charge is 2.38. The Kier molecular flexibility index (Phi) is 6.31. The van der Waals surface area contributed by atoms with E-state index in [1.54, 1.807) is 18.2 Å². The van der Waals surface area contributed by atoms with Crippen LogP contribution >= 0.6 is 23.2 Å². The molecule has 1 aromatic rings. The highest BCUT2D eigenvalue weighted by molar-refractivity contribution is 7.88. The van der Waals surface area contributed by atoms with Gasteiger partial charge in [0.25, 0.3) is 5.91 Å². The number of nitrogens with zero attached hydrogens (tertiary/aromatic N) is 1. The number of esters is 1. The summed E-state index contributed by atoms with van der Waals surface area (Å²) in [5.41, 5.74) is 0.292. The number of anilines is 1. The Morgan fingerprint density at radius 2 is 2.04 bits per heavy atom. The molecule has 7 nitrogen and oxygen atoms in total. The second kappa shape index (κ2) is 7.90. The molecule has 0 radical (unpaired) electrons. The summed E-state index contributed by atoms with van der Waals surface area (Å²) in [6.45, 7) is 1.66. The normalized spacial score (nSPS) is 19.4. The molecule has 1 N–H and O–H groups in total. The minimum atomic E-state index is -3.51. The maximum absolute atomic E-state index is 12.2. The third-order valence-electron chi connectivity index (χ3n) is 3.77. The van der Waals surface area contributed by atoms with Gasteiger partial charge in [-0.15, -0.1) is 0 Å². The van der Waals surface area contributed by atoms with Gasteiger partial charge in [0.1, 0.15) is 6.04 Å². The zero-order valence-electron chi connectivity index (χ0n) is 13.7. The van der Waals surface area contributed by atoms with E-state index in [1.807, 2.05) is 0 Å². The molecule has 0 aliphatic carbocycles. The molecule has 2 unspecified atom stereocenters.